The minimum atomic E-state index is -1.82. The number of carboxylic acids is 2. The summed E-state index contributed by atoms with van der Waals surface area (Å²) in [5, 5.41) is 39.5. The van der Waals surface area contributed by atoms with Gasteiger partial charge in [-0.05, 0) is 55.6 Å². The van der Waals surface area contributed by atoms with Crippen molar-refractivity contribution in [2.45, 2.75) is 57.7 Å². The first-order valence-electron chi connectivity index (χ1n) is 10.9. The van der Waals surface area contributed by atoms with Gasteiger partial charge in [-0.2, -0.15) is 0 Å². The number of aliphatic hydroxyl groups excluding tert-OH is 1. The third kappa shape index (κ3) is 6.27. The van der Waals surface area contributed by atoms with Crippen molar-refractivity contribution < 1.29 is 34.9 Å². The summed E-state index contributed by atoms with van der Waals surface area (Å²) in [6, 6.07) is 8.17. The Kier molecular flexibility index (Phi) is 9.18. The monoisotopic (exact) mass is 450 g/mol. The molecule has 0 spiro atoms. The van der Waals surface area contributed by atoms with Crippen molar-refractivity contribution in [2.75, 3.05) is 13.2 Å². The number of rotatable bonds is 7. The molecule has 6 N–H and O–H groups in total. The van der Waals surface area contributed by atoms with E-state index in [1.807, 2.05) is 18.3 Å². The van der Waals surface area contributed by atoms with Gasteiger partial charge < -0.3 is 31.0 Å². The SMILES string of the molecule is C[C@]12CC[C@H](Cc3ccc(CO)cc3)C[C@@]1(O)CC[C@@H]2/C=N/OCCN.O=C(O)C(=O)O. The lowest BCUT2D eigenvalue weighted by molar-refractivity contribution is -0.159. The number of benzene rings is 1. The Bertz CT molecular complexity index is 786. The van der Waals surface area contributed by atoms with Gasteiger partial charge in [-0.1, -0.05) is 36.3 Å². The van der Waals surface area contributed by atoms with E-state index in [4.69, 9.17) is 30.4 Å². The maximum Gasteiger partial charge on any atom is 0.414 e. The summed E-state index contributed by atoms with van der Waals surface area (Å²) in [5.74, 6) is -2.89. The van der Waals surface area contributed by atoms with Crippen LogP contribution in [0.1, 0.15) is 50.2 Å². The fraction of sp³-hybridized carbons (Fsp3) is 0.609. The van der Waals surface area contributed by atoms with Gasteiger partial charge in [0.2, 0.25) is 0 Å². The van der Waals surface area contributed by atoms with Gasteiger partial charge in [0, 0.05) is 24.1 Å². The topological polar surface area (TPSA) is 163 Å². The Morgan fingerprint density at radius 2 is 1.78 bits per heavy atom. The molecule has 2 aliphatic carbocycles. The number of hydrogen-bond donors (Lipinski definition) is 5. The zero-order chi connectivity index (χ0) is 23.8. The van der Waals surface area contributed by atoms with Crippen LogP contribution in [0.15, 0.2) is 29.4 Å². The van der Waals surface area contributed by atoms with E-state index in [9.17, 15) is 10.2 Å². The average molecular weight is 451 g/mol. The predicted octanol–water partition coefficient (Wildman–Crippen LogP) is 1.79. The van der Waals surface area contributed by atoms with Crippen LogP contribution in [0.5, 0.6) is 0 Å². The van der Waals surface area contributed by atoms with E-state index >= 15 is 0 Å². The molecule has 4 atom stereocenters. The Hall–Kier alpha value is -2.49. The highest BCUT2D eigenvalue weighted by Crippen LogP contribution is 2.58. The third-order valence-corrected chi connectivity index (χ3v) is 6.89. The molecule has 9 heteroatoms. The predicted molar refractivity (Wildman–Crippen MR) is 118 cm³/mol. The quantitative estimate of drug-likeness (QED) is 0.182. The molecule has 32 heavy (non-hydrogen) atoms. The molecule has 0 aliphatic heterocycles. The van der Waals surface area contributed by atoms with Crippen LogP contribution in [-0.2, 0) is 27.5 Å². The van der Waals surface area contributed by atoms with Gasteiger partial charge in [-0.3, -0.25) is 0 Å². The van der Waals surface area contributed by atoms with Crippen LogP contribution in [0.2, 0.25) is 0 Å². The summed E-state index contributed by atoms with van der Waals surface area (Å²) in [6.45, 7) is 3.19. The number of aliphatic hydroxyl groups is 2. The first-order valence-corrected chi connectivity index (χ1v) is 10.9. The molecule has 3 rings (SSSR count). The molecule has 2 fully saturated rings. The number of hydrogen-bond acceptors (Lipinski definition) is 7. The van der Waals surface area contributed by atoms with Gasteiger partial charge in [-0.15, -0.1) is 0 Å². The molecule has 0 radical (unpaired) electrons. The molecule has 1 aromatic rings. The van der Waals surface area contributed by atoms with Gasteiger partial charge in [-0.25, -0.2) is 9.59 Å². The Labute approximate surface area is 187 Å². The van der Waals surface area contributed by atoms with E-state index in [0.717, 1.165) is 44.1 Å². The van der Waals surface area contributed by atoms with E-state index in [2.05, 4.69) is 24.2 Å². The molecule has 9 nitrogen and oxygen atoms in total. The first-order chi connectivity index (χ1) is 15.1. The van der Waals surface area contributed by atoms with Crippen molar-refractivity contribution in [2.24, 2.45) is 28.1 Å². The standard InChI is InChI=1S/C21H32N2O3.C2H2O4/c1-20-8-6-18(12-16-2-4-17(15-24)5-3-16)13-21(20,25)9-7-19(20)14-23-26-11-10-22;3-1(4)2(5)6/h2-5,14,18-19,24-25H,6-13,15,22H2,1H3;(H,3,4)(H,5,6)/b23-14+;/t18-,19-,20-,21+;/m1./s1. The van der Waals surface area contributed by atoms with Gasteiger partial charge in [0.25, 0.3) is 0 Å². The van der Waals surface area contributed by atoms with E-state index in [1.165, 1.54) is 5.56 Å². The number of oxime groups is 1. The van der Waals surface area contributed by atoms with E-state index < -0.39 is 17.5 Å². The molecular weight excluding hydrogens is 416 g/mol. The highest BCUT2D eigenvalue weighted by Gasteiger charge is 2.58. The second-order valence-electron chi connectivity index (χ2n) is 8.87. The molecule has 178 valence electrons. The summed E-state index contributed by atoms with van der Waals surface area (Å²) in [6.07, 6.45) is 7.64. The second kappa shape index (κ2) is 11.4. The molecule has 2 aliphatic rings. The highest BCUT2D eigenvalue weighted by molar-refractivity contribution is 6.27. The van der Waals surface area contributed by atoms with Crippen LogP contribution in [0.25, 0.3) is 0 Å². The van der Waals surface area contributed by atoms with Crippen LogP contribution in [0.3, 0.4) is 0 Å². The van der Waals surface area contributed by atoms with Gasteiger partial charge in [0.15, 0.2) is 0 Å². The first kappa shape index (κ1) is 25.8. The largest absolute Gasteiger partial charge is 0.473 e. The fourth-order valence-corrected chi connectivity index (χ4v) is 4.93. The average Bonchev–Trinajstić information content (AvgIpc) is 3.02. The van der Waals surface area contributed by atoms with Gasteiger partial charge in [0.05, 0.1) is 12.2 Å². The van der Waals surface area contributed by atoms with Crippen LogP contribution < -0.4 is 5.73 Å². The smallest absolute Gasteiger partial charge is 0.414 e. The zero-order valence-corrected chi connectivity index (χ0v) is 18.4. The van der Waals surface area contributed by atoms with Crippen molar-refractivity contribution in [1.82, 2.24) is 0 Å². The lowest BCUT2D eigenvalue weighted by atomic mass is 9.59. The summed E-state index contributed by atoms with van der Waals surface area (Å²) >= 11 is 0. The number of aliphatic carboxylic acids is 2. The number of fused-ring (bicyclic) bond motifs is 1. The lowest BCUT2D eigenvalue weighted by Gasteiger charge is -2.48. The minimum Gasteiger partial charge on any atom is -0.473 e. The molecule has 0 saturated heterocycles. The van der Waals surface area contributed by atoms with Crippen LogP contribution in [-0.4, -0.2) is 57.3 Å². The molecule has 0 unspecified atom stereocenters. The molecule has 0 amide bonds. The Morgan fingerprint density at radius 3 is 2.34 bits per heavy atom. The maximum atomic E-state index is 11.4. The van der Waals surface area contributed by atoms with Crippen molar-refractivity contribution in [3.63, 3.8) is 0 Å². The maximum absolute atomic E-state index is 11.4. The second-order valence-corrected chi connectivity index (χ2v) is 8.87. The summed E-state index contributed by atoms with van der Waals surface area (Å²) in [5.41, 5.74) is 6.90. The normalized spacial score (nSPS) is 29.1. The molecule has 0 heterocycles. The number of carboxylic acid groups (broad SMARTS) is 2. The molecular formula is C23H34N2O7. The number of carbonyl (C=O) groups is 2. The van der Waals surface area contributed by atoms with Crippen molar-refractivity contribution in [3.8, 4) is 0 Å². The Morgan fingerprint density at radius 1 is 1.16 bits per heavy atom. The Balaban J connectivity index is 0.000000534. The third-order valence-electron chi connectivity index (χ3n) is 6.89. The zero-order valence-electron chi connectivity index (χ0n) is 18.4. The molecule has 1 aromatic carbocycles. The molecule has 2 saturated carbocycles. The highest BCUT2D eigenvalue weighted by atomic mass is 16.6. The van der Waals surface area contributed by atoms with E-state index in [-0.39, 0.29) is 17.9 Å². The van der Waals surface area contributed by atoms with Crippen LogP contribution >= 0.6 is 0 Å². The number of nitrogens with two attached hydrogens (primary N) is 1. The summed E-state index contributed by atoms with van der Waals surface area (Å²) < 4.78 is 0. The van der Waals surface area contributed by atoms with Gasteiger partial charge in [0.1, 0.15) is 6.61 Å². The molecule has 0 bridgehead atoms. The van der Waals surface area contributed by atoms with Crippen molar-refractivity contribution in [1.29, 1.82) is 0 Å². The van der Waals surface area contributed by atoms with Gasteiger partial charge >= 0.3 is 11.9 Å². The van der Waals surface area contributed by atoms with Crippen LogP contribution in [0, 0.1) is 17.3 Å². The van der Waals surface area contributed by atoms with Crippen LogP contribution in [0.4, 0.5) is 0 Å². The van der Waals surface area contributed by atoms with Crippen molar-refractivity contribution in [3.05, 3.63) is 35.4 Å². The minimum absolute atomic E-state index is 0.0831. The summed E-state index contributed by atoms with van der Waals surface area (Å²) in [4.78, 5) is 23.4. The summed E-state index contributed by atoms with van der Waals surface area (Å²) in [7, 11) is 0. The van der Waals surface area contributed by atoms with E-state index in [1.54, 1.807) is 0 Å². The lowest BCUT2D eigenvalue weighted by Crippen LogP contribution is -2.50. The number of nitrogens with zero attached hydrogens (tertiary/aromatic N) is 1. The van der Waals surface area contributed by atoms with Crippen molar-refractivity contribution >= 4 is 18.2 Å². The fourth-order valence-electron chi connectivity index (χ4n) is 4.93. The van der Waals surface area contributed by atoms with E-state index in [0.29, 0.717) is 19.1 Å². The molecule has 0 aromatic heterocycles.